The minimum Gasteiger partial charge on any atom is -0.492 e. The van der Waals surface area contributed by atoms with Crippen molar-refractivity contribution >= 4 is 45.5 Å². The van der Waals surface area contributed by atoms with Crippen molar-refractivity contribution in [3.63, 3.8) is 0 Å². The van der Waals surface area contributed by atoms with Gasteiger partial charge in [0.05, 0.1) is 12.3 Å². The Morgan fingerprint density at radius 2 is 1.77 bits per heavy atom. The molecule has 0 unspecified atom stereocenters. The number of para-hydroxylation sites is 2. The number of imide groups is 2. The molecule has 31 heavy (non-hydrogen) atoms. The number of carbonyl (C=O) groups excluding carboxylic acids is 3. The van der Waals surface area contributed by atoms with Crippen LogP contribution in [0.25, 0.3) is 17.4 Å². The molecule has 1 aromatic heterocycles. The zero-order valence-corrected chi connectivity index (χ0v) is 18.0. The van der Waals surface area contributed by atoms with E-state index in [1.165, 1.54) is 6.08 Å². The van der Waals surface area contributed by atoms with E-state index >= 15 is 0 Å². The lowest BCUT2D eigenvalue weighted by Crippen LogP contribution is -2.54. The second kappa shape index (κ2) is 8.61. The zero-order valence-electron chi connectivity index (χ0n) is 16.4. The second-order valence-corrected chi connectivity index (χ2v) is 7.48. The van der Waals surface area contributed by atoms with Crippen molar-refractivity contribution in [2.24, 2.45) is 0 Å². The summed E-state index contributed by atoms with van der Waals surface area (Å²) in [5, 5.41) is 2.20. The minimum absolute atomic E-state index is 0.220. The molecule has 156 valence electrons. The number of amides is 4. The molecular formula is C23H17BrN2O5. The summed E-state index contributed by atoms with van der Waals surface area (Å²) in [6.07, 6.45) is 1.32. The Labute approximate surface area is 186 Å². The van der Waals surface area contributed by atoms with Crippen molar-refractivity contribution in [3.05, 3.63) is 76.5 Å². The summed E-state index contributed by atoms with van der Waals surface area (Å²) in [5.74, 6) is -0.302. The van der Waals surface area contributed by atoms with Crippen LogP contribution in [0, 0.1) is 0 Å². The molecule has 8 heteroatoms. The molecule has 0 saturated carbocycles. The maximum atomic E-state index is 13.1. The number of nitrogens with zero attached hydrogens (tertiary/aromatic N) is 1. The average molecular weight is 481 g/mol. The number of anilines is 1. The number of hydrogen-bond acceptors (Lipinski definition) is 5. The third-order valence-corrected chi connectivity index (χ3v) is 5.08. The van der Waals surface area contributed by atoms with E-state index in [1.54, 1.807) is 43.3 Å². The number of benzene rings is 2. The van der Waals surface area contributed by atoms with E-state index in [0.29, 0.717) is 23.9 Å². The molecule has 2 heterocycles. The van der Waals surface area contributed by atoms with Crippen LogP contribution < -0.4 is 15.0 Å². The van der Waals surface area contributed by atoms with Gasteiger partial charge in [0.15, 0.2) is 0 Å². The Hall–Kier alpha value is -3.65. The maximum absolute atomic E-state index is 13.1. The fraction of sp³-hybridized carbons (Fsp3) is 0.0870. The van der Waals surface area contributed by atoms with Gasteiger partial charge in [0, 0.05) is 10.0 Å². The van der Waals surface area contributed by atoms with E-state index in [4.69, 9.17) is 9.15 Å². The van der Waals surface area contributed by atoms with E-state index in [9.17, 15) is 14.4 Å². The molecule has 1 aliphatic heterocycles. The molecule has 0 radical (unpaired) electrons. The van der Waals surface area contributed by atoms with Crippen LogP contribution in [0.15, 0.2) is 75.1 Å². The number of halogens is 1. The summed E-state index contributed by atoms with van der Waals surface area (Å²) < 4.78 is 12.3. The van der Waals surface area contributed by atoms with Crippen molar-refractivity contribution in [1.82, 2.24) is 5.32 Å². The lowest BCUT2D eigenvalue weighted by atomic mass is 10.1. The third kappa shape index (κ3) is 4.15. The molecular weight excluding hydrogens is 464 g/mol. The van der Waals surface area contributed by atoms with Crippen molar-refractivity contribution in [3.8, 4) is 17.1 Å². The summed E-state index contributed by atoms with van der Waals surface area (Å²) in [6, 6.07) is 16.7. The molecule has 0 bridgehead atoms. The van der Waals surface area contributed by atoms with Crippen LogP contribution in [0.5, 0.6) is 5.75 Å². The van der Waals surface area contributed by atoms with Crippen LogP contribution in [0.1, 0.15) is 12.7 Å². The first kappa shape index (κ1) is 20.6. The first-order valence-electron chi connectivity index (χ1n) is 9.47. The Bertz CT molecular complexity index is 1200. The molecule has 0 spiro atoms. The number of ether oxygens (including phenoxy) is 1. The first-order valence-corrected chi connectivity index (χ1v) is 10.3. The number of furan rings is 1. The summed E-state index contributed by atoms with van der Waals surface area (Å²) in [7, 11) is 0. The predicted molar refractivity (Wildman–Crippen MR) is 118 cm³/mol. The highest BCUT2D eigenvalue weighted by atomic mass is 79.9. The molecule has 2 aromatic carbocycles. The van der Waals surface area contributed by atoms with E-state index < -0.39 is 17.8 Å². The van der Waals surface area contributed by atoms with Gasteiger partial charge >= 0.3 is 6.03 Å². The van der Waals surface area contributed by atoms with E-state index in [2.05, 4.69) is 21.2 Å². The van der Waals surface area contributed by atoms with E-state index in [1.807, 2.05) is 24.3 Å². The molecule has 3 aromatic rings. The largest absolute Gasteiger partial charge is 0.492 e. The van der Waals surface area contributed by atoms with Crippen LogP contribution in [0.4, 0.5) is 10.5 Å². The van der Waals surface area contributed by atoms with Gasteiger partial charge in [-0.1, -0.05) is 40.2 Å². The number of hydrogen-bond donors (Lipinski definition) is 1. The van der Waals surface area contributed by atoms with Gasteiger partial charge in [0.2, 0.25) is 0 Å². The standard InChI is InChI=1S/C23H17BrN2O5/c1-2-30-20-6-4-3-5-18(20)26-22(28)17(21(27)25-23(26)29)13-16-11-12-19(31-16)14-7-9-15(24)10-8-14/h3-13H,2H2,1H3,(H,25,27,29)/b17-13-. The Morgan fingerprint density at radius 3 is 2.52 bits per heavy atom. The smallest absolute Gasteiger partial charge is 0.336 e. The Morgan fingerprint density at radius 1 is 1.03 bits per heavy atom. The predicted octanol–water partition coefficient (Wildman–Crippen LogP) is 4.77. The normalized spacial score (nSPS) is 15.4. The zero-order chi connectivity index (χ0) is 22.0. The molecule has 1 aliphatic rings. The van der Waals surface area contributed by atoms with Gasteiger partial charge in [0.1, 0.15) is 22.8 Å². The average Bonchev–Trinajstić information content (AvgIpc) is 3.22. The SMILES string of the molecule is CCOc1ccccc1N1C(=O)NC(=O)/C(=C/c2ccc(-c3ccc(Br)cc3)o2)C1=O. The Kier molecular flexibility index (Phi) is 5.73. The maximum Gasteiger partial charge on any atom is 0.336 e. The molecule has 4 amide bonds. The highest BCUT2D eigenvalue weighted by molar-refractivity contribution is 9.10. The fourth-order valence-electron chi connectivity index (χ4n) is 3.14. The molecule has 1 N–H and O–H groups in total. The van der Waals surface area contributed by atoms with Crippen molar-refractivity contribution in [2.75, 3.05) is 11.5 Å². The Balaban J connectivity index is 1.68. The molecule has 0 aliphatic carbocycles. The highest BCUT2D eigenvalue weighted by Gasteiger charge is 2.38. The van der Waals surface area contributed by atoms with Crippen LogP contribution in [0.3, 0.4) is 0 Å². The number of carbonyl (C=O) groups is 3. The topological polar surface area (TPSA) is 88.8 Å². The number of barbiturate groups is 1. The van der Waals surface area contributed by atoms with E-state index in [-0.39, 0.29) is 11.3 Å². The first-order chi connectivity index (χ1) is 15.0. The highest BCUT2D eigenvalue weighted by Crippen LogP contribution is 2.31. The molecule has 4 rings (SSSR count). The lowest BCUT2D eigenvalue weighted by Gasteiger charge is -2.27. The number of urea groups is 1. The summed E-state index contributed by atoms with van der Waals surface area (Å²) in [4.78, 5) is 38.8. The van der Waals surface area contributed by atoms with Crippen LogP contribution in [-0.4, -0.2) is 24.5 Å². The van der Waals surface area contributed by atoms with Crippen LogP contribution in [-0.2, 0) is 9.59 Å². The van der Waals surface area contributed by atoms with Gasteiger partial charge in [-0.05, 0) is 49.4 Å². The summed E-state index contributed by atoms with van der Waals surface area (Å²) in [5.41, 5.74) is 0.873. The summed E-state index contributed by atoms with van der Waals surface area (Å²) in [6.45, 7) is 2.15. The van der Waals surface area contributed by atoms with Crippen molar-refractivity contribution < 1.29 is 23.5 Å². The van der Waals surface area contributed by atoms with Crippen molar-refractivity contribution in [1.29, 1.82) is 0 Å². The van der Waals surface area contributed by atoms with Crippen LogP contribution in [0.2, 0.25) is 0 Å². The molecule has 1 saturated heterocycles. The summed E-state index contributed by atoms with van der Waals surface area (Å²) >= 11 is 3.38. The van der Waals surface area contributed by atoms with Crippen molar-refractivity contribution in [2.45, 2.75) is 6.92 Å². The monoisotopic (exact) mass is 480 g/mol. The second-order valence-electron chi connectivity index (χ2n) is 6.57. The van der Waals surface area contributed by atoms with Gasteiger partial charge in [-0.2, -0.15) is 0 Å². The number of rotatable bonds is 5. The van der Waals surface area contributed by atoms with E-state index in [0.717, 1.165) is 14.9 Å². The molecule has 1 fully saturated rings. The van der Waals surface area contributed by atoms with Gasteiger partial charge in [-0.15, -0.1) is 0 Å². The molecule has 0 atom stereocenters. The lowest BCUT2D eigenvalue weighted by molar-refractivity contribution is -0.122. The van der Waals surface area contributed by atoms with Crippen LogP contribution >= 0.6 is 15.9 Å². The van der Waals surface area contributed by atoms with Gasteiger partial charge in [-0.25, -0.2) is 9.69 Å². The fourth-order valence-corrected chi connectivity index (χ4v) is 3.40. The minimum atomic E-state index is -0.839. The van der Waals surface area contributed by atoms with Gasteiger partial charge < -0.3 is 9.15 Å². The van der Waals surface area contributed by atoms with Gasteiger partial charge in [0.25, 0.3) is 11.8 Å². The van der Waals surface area contributed by atoms with Gasteiger partial charge in [-0.3, -0.25) is 14.9 Å². The quantitative estimate of drug-likeness (QED) is 0.419. The molecule has 7 nitrogen and oxygen atoms in total. The third-order valence-electron chi connectivity index (χ3n) is 4.55. The number of nitrogens with one attached hydrogen (secondary N) is 1.